The van der Waals surface area contributed by atoms with E-state index in [0.717, 1.165) is 23.2 Å². The van der Waals surface area contributed by atoms with Crippen LogP contribution in [0.25, 0.3) is 0 Å². The van der Waals surface area contributed by atoms with Crippen LogP contribution in [0.5, 0.6) is 23.0 Å². The minimum Gasteiger partial charge on any atom is -0.496 e. The van der Waals surface area contributed by atoms with Crippen LogP contribution in [0.4, 0.5) is 0 Å². The van der Waals surface area contributed by atoms with Crippen LogP contribution in [0.15, 0.2) is 30.3 Å². The Hall–Kier alpha value is -2.49. The highest BCUT2D eigenvalue weighted by Gasteiger charge is 2.26. The molecule has 20 heavy (non-hydrogen) atoms. The van der Waals surface area contributed by atoms with E-state index in [-0.39, 0.29) is 0 Å². The van der Waals surface area contributed by atoms with Crippen molar-refractivity contribution in [1.82, 2.24) is 0 Å². The fraction of sp³-hybridized carbons (Fsp3) is 0.188. The number of methoxy groups -OCH3 is 2. The molecule has 1 aliphatic rings. The number of aldehydes is 1. The number of rotatable bonds is 3. The van der Waals surface area contributed by atoms with Gasteiger partial charge in [-0.25, -0.2) is 0 Å². The van der Waals surface area contributed by atoms with Gasteiger partial charge in [0.15, 0.2) is 6.29 Å². The third-order valence-electron chi connectivity index (χ3n) is 3.45. The molecule has 102 valence electrons. The topological polar surface area (TPSA) is 44.8 Å². The van der Waals surface area contributed by atoms with Crippen molar-refractivity contribution in [3.63, 3.8) is 0 Å². The third-order valence-corrected chi connectivity index (χ3v) is 3.45. The second-order valence-electron chi connectivity index (χ2n) is 4.51. The maximum absolute atomic E-state index is 11.4. The Morgan fingerprint density at radius 3 is 2.60 bits per heavy atom. The van der Waals surface area contributed by atoms with Crippen LogP contribution in [0.3, 0.4) is 0 Å². The molecule has 4 nitrogen and oxygen atoms in total. The van der Waals surface area contributed by atoms with Crippen molar-refractivity contribution in [3.05, 3.63) is 47.0 Å². The summed E-state index contributed by atoms with van der Waals surface area (Å²) < 4.78 is 16.5. The molecule has 2 aromatic carbocycles. The van der Waals surface area contributed by atoms with E-state index in [2.05, 4.69) is 0 Å². The van der Waals surface area contributed by atoms with Gasteiger partial charge in [-0.05, 0) is 11.6 Å². The molecule has 1 aliphatic heterocycles. The molecule has 0 atom stereocenters. The molecular weight excluding hydrogens is 256 g/mol. The first-order chi connectivity index (χ1) is 9.78. The SMILES string of the molecule is COc1cc(OC)c2c(c1C=O)Oc1ccccc1C2. The molecule has 4 heteroatoms. The van der Waals surface area contributed by atoms with Crippen molar-refractivity contribution >= 4 is 6.29 Å². The number of para-hydroxylation sites is 1. The van der Waals surface area contributed by atoms with Gasteiger partial charge in [0.25, 0.3) is 0 Å². The number of carbonyl (C=O) groups excluding carboxylic acids is 1. The molecule has 0 saturated carbocycles. The van der Waals surface area contributed by atoms with Gasteiger partial charge in [-0.15, -0.1) is 0 Å². The summed E-state index contributed by atoms with van der Waals surface area (Å²) in [6.07, 6.45) is 1.42. The maximum Gasteiger partial charge on any atom is 0.157 e. The van der Waals surface area contributed by atoms with Crippen molar-refractivity contribution in [2.24, 2.45) is 0 Å². The summed E-state index contributed by atoms with van der Waals surface area (Å²) in [6, 6.07) is 9.48. The van der Waals surface area contributed by atoms with E-state index in [4.69, 9.17) is 14.2 Å². The lowest BCUT2D eigenvalue weighted by Gasteiger charge is -2.24. The third kappa shape index (κ3) is 1.81. The van der Waals surface area contributed by atoms with Crippen LogP contribution in [-0.4, -0.2) is 20.5 Å². The van der Waals surface area contributed by atoms with Crippen LogP contribution in [0, 0.1) is 0 Å². The molecule has 0 bridgehead atoms. The first-order valence-electron chi connectivity index (χ1n) is 6.27. The Labute approximate surface area is 116 Å². The van der Waals surface area contributed by atoms with Gasteiger partial charge >= 0.3 is 0 Å². The lowest BCUT2D eigenvalue weighted by atomic mass is 9.96. The Bertz CT molecular complexity index is 676. The summed E-state index contributed by atoms with van der Waals surface area (Å²) in [7, 11) is 3.11. The predicted molar refractivity (Wildman–Crippen MR) is 74.3 cm³/mol. The number of fused-ring (bicyclic) bond motifs is 2. The Kier molecular flexibility index (Phi) is 3.06. The molecular formula is C16H14O4. The summed E-state index contributed by atoms with van der Waals surface area (Å²) >= 11 is 0. The highest BCUT2D eigenvalue weighted by Crippen LogP contribution is 2.45. The van der Waals surface area contributed by atoms with Crippen LogP contribution in [0.2, 0.25) is 0 Å². The average Bonchev–Trinajstić information content (AvgIpc) is 2.51. The number of ether oxygens (including phenoxy) is 3. The highest BCUT2D eigenvalue weighted by molar-refractivity contribution is 5.86. The van der Waals surface area contributed by atoms with E-state index in [0.29, 0.717) is 29.2 Å². The van der Waals surface area contributed by atoms with Crippen molar-refractivity contribution < 1.29 is 19.0 Å². The van der Waals surface area contributed by atoms with Gasteiger partial charge in [0.05, 0.1) is 19.8 Å². The predicted octanol–water partition coefficient (Wildman–Crippen LogP) is 3.21. The molecule has 0 amide bonds. The summed E-state index contributed by atoms with van der Waals surface area (Å²) in [6.45, 7) is 0. The minimum absolute atomic E-state index is 0.415. The summed E-state index contributed by atoms with van der Waals surface area (Å²) in [5.41, 5.74) is 2.35. The van der Waals surface area contributed by atoms with E-state index < -0.39 is 0 Å². The summed E-state index contributed by atoms with van der Waals surface area (Å²) in [5.74, 6) is 2.40. The van der Waals surface area contributed by atoms with E-state index in [1.807, 2.05) is 24.3 Å². The summed E-state index contributed by atoms with van der Waals surface area (Å²) in [4.78, 5) is 11.4. The Morgan fingerprint density at radius 1 is 1.15 bits per heavy atom. The van der Waals surface area contributed by atoms with Crippen LogP contribution in [0.1, 0.15) is 21.5 Å². The largest absolute Gasteiger partial charge is 0.496 e. The lowest BCUT2D eigenvalue weighted by Crippen LogP contribution is -2.08. The number of benzene rings is 2. The molecule has 0 N–H and O–H groups in total. The molecule has 0 spiro atoms. The fourth-order valence-corrected chi connectivity index (χ4v) is 2.47. The van der Waals surface area contributed by atoms with Crippen LogP contribution >= 0.6 is 0 Å². The zero-order valence-electron chi connectivity index (χ0n) is 11.3. The second-order valence-corrected chi connectivity index (χ2v) is 4.51. The first kappa shape index (κ1) is 12.5. The molecule has 0 aliphatic carbocycles. The quantitative estimate of drug-likeness (QED) is 0.685. The van der Waals surface area contributed by atoms with Gasteiger partial charge in [-0.2, -0.15) is 0 Å². The molecule has 3 rings (SSSR count). The van der Waals surface area contributed by atoms with Crippen molar-refractivity contribution in [1.29, 1.82) is 0 Å². The van der Waals surface area contributed by atoms with Gasteiger partial charge in [0.2, 0.25) is 0 Å². The molecule has 2 aromatic rings. The average molecular weight is 270 g/mol. The first-order valence-corrected chi connectivity index (χ1v) is 6.27. The lowest BCUT2D eigenvalue weighted by molar-refractivity contribution is 0.111. The number of hydrogen-bond donors (Lipinski definition) is 0. The molecule has 1 heterocycles. The van der Waals surface area contributed by atoms with Crippen LogP contribution in [-0.2, 0) is 6.42 Å². The summed E-state index contributed by atoms with van der Waals surface area (Å²) in [5, 5.41) is 0. The van der Waals surface area contributed by atoms with Gasteiger partial charge in [0.1, 0.15) is 23.0 Å². The van der Waals surface area contributed by atoms with Crippen molar-refractivity contribution in [2.45, 2.75) is 6.42 Å². The number of hydrogen-bond acceptors (Lipinski definition) is 4. The highest BCUT2D eigenvalue weighted by atomic mass is 16.5. The zero-order chi connectivity index (χ0) is 14.1. The molecule has 0 unspecified atom stereocenters. The Balaban J connectivity index is 2.23. The Morgan fingerprint density at radius 2 is 1.90 bits per heavy atom. The smallest absolute Gasteiger partial charge is 0.157 e. The van der Waals surface area contributed by atoms with Crippen molar-refractivity contribution in [2.75, 3.05) is 14.2 Å². The molecule has 0 aromatic heterocycles. The zero-order valence-corrected chi connectivity index (χ0v) is 11.3. The number of carbonyl (C=O) groups is 1. The standard InChI is InChI=1S/C16H14O4/c1-18-14-8-15(19-2)12(9-17)16-11(14)7-10-5-3-4-6-13(10)20-16/h3-6,8-9H,7H2,1-2H3. The second kappa shape index (κ2) is 4.89. The van der Waals surface area contributed by atoms with Gasteiger partial charge in [-0.3, -0.25) is 4.79 Å². The van der Waals surface area contributed by atoms with E-state index in [1.54, 1.807) is 13.2 Å². The van der Waals surface area contributed by atoms with Gasteiger partial charge in [-0.1, -0.05) is 18.2 Å². The monoisotopic (exact) mass is 270 g/mol. The fourth-order valence-electron chi connectivity index (χ4n) is 2.47. The minimum atomic E-state index is 0.415. The van der Waals surface area contributed by atoms with Gasteiger partial charge in [0, 0.05) is 18.1 Å². The maximum atomic E-state index is 11.4. The van der Waals surface area contributed by atoms with Crippen LogP contribution < -0.4 is 14.2 Å². The molecule has 0 fully saturated rings. The molecule has 0 radical (unpaired) electrons. The van der Waals surface area contributed by atoms with Crippen molar-refractivity contribution in [3.8, 4) is 23.0 Å². The van der Waals surface area contributed by atoms with Gasteiger partial charge < -0.3 is 14.2 Å². The van der Waals surface area contributed by atoms with E-state index in [9.17, 15) is 4.79 Å². The molecule has 0 saturated heterocycles. The van der Waals surface area contributed by atoms with E-state index in [1.165, 1.54) is 7.11 Å². The normalized spacial score (nSPS) is 11.9. The van der Waals surface area contributed by atoms with E-state index >= 15 is 0 Å².